The fourth-order valence-corrected chi connectivity index (χ4v) is 2.60. The molecule has 17 heavy (non-hydrogen) atoms. The van der Waals surface area contributed by atoms with Crippen LogP contribution in [0.15, 0.2) is 10.5 Å². The molecule has 0 aliphatic carbocycles. The van der Waals surface area contributed by atoms with Crippen LogP contribution in [0.25, 0.3) is 0 Å². The van der Waals surface area contributed by atoms with Crippen molar-refractivity contribution >= 4 is 15.9 Å². The number of ether oxygens (including phenoxy) is 2. The highest BCUT2D eigenvalue weighted by Gasteiger charge is 2.27. The van der Waals surface area contributed by atoms with E-state index in [9.17, 15) is 0 Å². The van der Waals surface area contributed by atoms with Gasteiger partial charge in [-0.05, 0) is 18.6 Å². The van der Waals surface area contributed by atoms with Gasteiger partial charge in [-0.25, -0.2) is 0 Å². The maximum absolute atomic E-state index is 5.76. The lowest BCUT2D eigenvalue weighted by Crippen LogP contribution is -2.11. The van der Waals surface area contributed by atoms with Crippen LogP contribution in [0.3, 0.4) is 0 Å². The molecule has 1 aromatic carbocycles. The average molecular weight is 302 g/mol. The number of methoxy groups -OCH3 is 1. The number of nitrogens with one attached hydrogen (secondary N) is 1. The Morgan fingerprint density at radius 2 is 2.29 bits per heavy atom. The Kier molecular flexibility index (Phi) is 3.91. The van der Waals surface area contributed by atoms with Gasteiger partial charge < -0.3 is 14.3 Å². The van der Waals surface area contributed by atoms with Crippen molar-refractivity contribution in [1.29, 1.82) is 0 Å². The molecule has 0 bridgehead atoms. The molecular formula is C12H16BrNO3. The van der Waals surface area contributed by atoms with E-state index >= 15 is 0 Å². The summed E-state index contributed by atoms with van der Waals surface area (Å²) < 4.78 is 12.2. The first-order valence-corrected chi connectivity index (χ1v) is 6.27. The largest absolute Gasteiger partial charge is 0.493 e. The monoisotopic (exact) mass is 301 g/mol. The number of fused-ring (bicyclic) bond motifs is 1. The SMILES string of the molecule is CONCc1cc(OC)c2c(c1Br)CC(C)O2. The molecule has 0 fully saturated rings. The third kappa shape index (κ3) is 2.41. The predicted molar refractivity (Wildman–Crippen MR) is 68.3 cm³/mol. The van der Waals surface area contributed by atoms with Crippen LogP contribution in [0.5, 0.6) is 11.5 Å². The molecule has 2 rings (SSSR count). The molecule has 1 unspecified atom stereocenters. The van der Waals surface area contributed by atoms with Gasteiger partial charge in [0, 0.05) is 23.0 Å². The maximum atomic E-state index is 5.76. The van der Waals surface area contributed by atoms with Crippen LogP contribution >= 0.6 is 15.9 Å². The summed E-state index contributed by atoms with van der Waals surface area (Å²) in [6, 6.07) is 1.97. The first-order valence-electron chi connectivity index (χ1n) is 5.48. The molecule has 1 aliphatic heterocycles. The second kappa shape index (κ2) is 5.25. The molecule has 5 heteroatoms. The summed E-state index contributed by atoms with van der Waals surface area (Å²) in [7, 11) is 3.26. The summed E-state index contributed by atoms with van der Waals surface area (Å²) in [4.78, 5) is 4.87. The minimum Gasteiger partial charge on any atom is -0.493 e. The maximum Gasteiger partial charge on any atom is 0.166 e. The molecule has 1 N–H and O–H groups in total. The zero-order valence-corrected chi connectivity index (χ0v) is 11.8. The van der Waals surface area contributed by atoms with Crippen molar-refractivity contribution in [1.82, 2.24) is 5.48 Å². The van der Waals surface area contributed by atoms with Gasteiger partial charge in [-0.1, -0.05) is 15.9 Å². The fourth-order valence-electron chi connectivity index (χ4n) is 2.00. The van der Waals surface area contributed by atoms with E-state index in [-0.39, 0.29) is 6.10 Å². The molecule has 0 radical (unpaired) electrons. The van der Waals surface area contributed by atoms with Gasteiger partial charge in [0.25, 0.3) is 0 Å². The van der Waals surface area contributed by atoms with Gasteiger partial charge in [0.05, 0.1) is 14.2 Å². The Morgan fingerprint density at radius 1 is 1.53 bits per heavy atom. The molecule has 0 saturated carbocycles. The zero-order valence-electron chi connectivity index (χ0n) is 10.2. The first-order chi connectivity index (χ1) is 8.17. The van der Waals surface area contributed by atoms with Gasteiger partial charge in [-0.15, -0.1) is 0 Å². The Labute approximate surface area is 109 Å². The minimum atomic E-state index is 0.195. The van der Waals surface area contributed by atoms with E-state index in [1.165, 1.54) is 5.56 Å². The normalized spacial score (nSPS) is 17.8. The summed E-state index contributed by atoms with van der Waals surface area (Å²) in [5, 5.41) is 0. The standard InChI is InChI=1S/C12H16BrNO3/c1-7-4-9-11(13)8(6-14-16-3)5-10(15-2)12(9)17-7/h5,7,14H,4,6H2,1-3H3. The minimum absolute atomic E-state index is 0.195. The second-order valence-electron chi connectivity index (χ2n) is 4.02. The number of hydrogen-bond donors (Lipinski definition) is 1. The van der Waals surface area contributed by atoms with Crippen molar-refractivity contribution in [2.24, 2.45) is 0 Å². The highest BCUT2D eigenvalue weighted by atomic mass is 79.9. The molecule has 0 spiro atoms. The van der Waals surface area contributed by atoms with Crippen LogP contribution in [-0.4, -0.2) is 20.3 Å². The van der Waals surface area contributed by atoms with Crippen LogP contribution < -0.4 is 15.0 Å². The molecule has 1 aliphatic rings. The van der Waals surface area contributed by atoms with E-state index in [4.69, 9.17) is 14.3 Å². The van der Waals surface area contributed by atoms with Crippen LogP contribution in [0.4, 0.5) is 0 Å². The van der Waals surface area contributed by atoms with Gasteiger partial charge in [0.15, 0.2) is 11.5 Å². The van der Waals surface area contributed by atoms with Crippen molar-refractivity contribution in [3.63, 3.8) is 0 Å². The summed E-state index contributed by atoms with van der Waals surface area (Å²) in [6.07, 6.45) is 1.09. The van der Waals surface area contributed by atoms with Crippen LogP contribution in [-0.2, 0) is 17.8 Å². The molecule has 0 aromatic heterocycles. The molecular weight excluding hydrogens is 286 g/mol. The lowest BCUT2D eigenvalue weighted by molar-refractivity contribution is 0.0865. The van der Waals surface area contributed by atoms with Crippen molar-refractivity contribution in [3.8, 4) is 11.5 Å². The lowest BCUT2D eigenvalue weighted by atomic mass is 10.1. The first kappa shape index (κ1) is 12.7. The number of halogens is 1. The third-order valence-electron chi connectivity index (χ3n) is 2.79. The topological polar surface area (TPSA) is 39.7 Å². The van der Waals surface area contributed by atoms with Crippen molar-refractivity contribution in [2.75, 3.05) is 14.2 Å². The number of rotatable bonds is 4. The second-order valence-corrected chi connectivity index (χ2v) is 4.81. The third-order valence-corrected chi connectivity index (χ3v) is 3.78. The Hall–Kier alpha value is -0.780. The van der Waals surface area contributed by atoms with E-state index < -0.39 is 0 Å². The van der Waals surface area contributed by atoms with Gasteiger partial charge in [-0.2, -0.15) is 5.48 Å². The Balaban J connectivity index is 2.40. The highest BCUT2D eigenvalue weighted by molar-refractivity contribution is 9.10. The van der Waals surface area contributed by atoms with E-state index in [1.54, 1.807) is 14.2 Å². The fraction of sp³-hybridized carbons (Fsp3) is 0.500. The summed E-state index contributed by atoms with van der Waals surface area (Å²) in [5.41, 5.74) is 5.10. The van der Waals surface area contributed by atoms with Crippen LogP contribution in [0.1, 0.15) is 18.1 Å². The van der Waals surface area contributed by atoms with Crippen molar-refractivity contribution < 1.29 is 14.3 Å². The molecule has 4 nitrogen and oxygen atoms in total. The number of benzene rings is 1. The van der Waals surface area contributed by atoms with Crippen LogP contribution in [0.2, 0.25) is 0 Å². The van der Waals surface area contributed by atoms with Gasteiger partial charge >= 0.3 is 0 Å². The van der Waals surface area contributed by atoms with Gasteiger partial charge in [0.1, 0.15) is 6.10 Å². The van der Waals surface area contributed by atoms with E-state index in [1.807, 2.05) is 6.07 Å². The highest BCUT2D eigenvalue weighted by Crippen LogP contribution is 2.43. The van der Waals surface area contributed by atoms with Crippen molar-refractivity contribution in [3.05, 3.63) is 21.7 Å². The number of hydroxylamine groups is 1. The Morgan fingerprint density at radius 3 is 2.94 bits per heavy atom. The number of hydrogen-bond acceptors (Lipinski definition) is 4. The van der Waals surface area contributed by atoms with Crippen molar-refractivity contribution in [2.45, 2.75) is 26.0 Å². The smallest absolute Gasteiger partial charge is 0.166 e. The summed E-state index contributed by atoms with van der Waals surface area (Å²) in [5.74, 6) is 1.63. The average Bonchev–Trinajstić information content (AvgIpc) is 2.71. The summed E-state index contributed by atoms with van der Waals surface area (Å²) in [6.45, 7) is 2.67. The van der Waals surface area contributed by atoms with Gasteiger partial charge in [0.2, 0.25) is 0 Å². The molecule has 0 amide bonds. The molecule has 94 valence electrons. The van der Waals surface area contributed by atoms with Gasteiger partial charge in [-0.3, -0.25) is 0 Å². The summed E-state index contributed by atoms with van der Waals surface area (Å²) >= 11 is 3.62. The molecule has 0 saturated heterocycles. The quantitative estimate of drug-likeness (QED) is 0.867. The zero-order chi connectivity index (χ0) is 12.4. The Bertz CT molecular complexity index is 423. The molecule has 1 atom stereocenters. The van der Waals surface area contributed by atoms with E-state index in [0.29, 0.717) is 6.54 Å². The van der Waals surface area contributed by atoms with E-state index in [2.05, 4.69) is 28.3 Å². The van der Waals surface area contributed by atoms with E-state index in [0.717, 1.165) is 28.0 Å². The van der Waals surface area contributed by atoms with Crippen LogP contribution in [0, 0.1) is 0 Å². The molecule has 1 heterocycles. The lowest BCUT2D eigenvalue weighted by Gasteiger charge is -2.13. The molecule has 1 aromatic rings. The predicted octanol–water partition coefficient (Wildman–Crippen LogP) is 2.43.